The van der Waals surface area contributed by atoms with Gasteiger partial charge in [-0.1, -0.05) is 36.8 Å². The van der Waals surface area contributed by atoms with E-state index in [4.69, 9.17) is 0 Å². The van der Waals surface area contributed by atoms with Crippen LogP contribution < -0.4 is 0 Å². The topological polar surface area (TPSA) is 81.1 Å². The van der Waals surface area contributed by atoms with E-state index >= 15 is 8.78 Å². The molecule has 11 heteroatoms. The second-order valence-electron chi connectivity index (χ2n) is 13.6. The average molecular weight is 623 g/mol. The van der Waals surface area contributed by atoms with Crippen molar-refractivity contribution in [2.75, 3.05) is 26.2 Å². The molecule has 0 spiro atoms. The molecule has 44 heavy (non-hydrogen) atoms. The van der Waals surface area contributed by atoms with Gasteiger partial charge in [-0.05, 0) is 85.1 Å². The molecule has 5 aliphatic rings. The summed E-state index contributed by atoms with van der Waals surface area (Å²) in [5, 5.41) is 20.8. The second kappa shape index (κ2) is 10.9. The predicted molar refractivity (Wildman–Crippen MR) is 152 cm³/mol. The van der Waals surface area contributed by atoms with E-state index in [1.54, 1.807) is 6.08 Å². The van der Waals surface area contributed by atoms with Crippen molar-refractivity contribution in [1.82, 2.24) is 9.80 Å². The Morgan fingerprint density at radius 1 is 1.00 bits per heavy atom. The average Bonchev–Trinajstić information content (AvgIpc) is 3.09. The van der Waals surface area contributed by atoms with Crippen molar-refractivity contribution in [3.8, 4) is 0 Å². The number of nitrogens with zero attached hydrogens (tertiary/aromatic N) is 2. The molecule has 0 aromatic heterocycles. The van der Waals surface area contributed by atoms with Crippen LogP contribution in [0.25, 0.3) is 0 Å². The third-order valence-corrected chi connectivity index (χ3v) is 11.4. The number of ketones is 1. The highest BCUT2D eigenvalue weighted by molar-refractivity contribution is 5.93. The molecule has 0 unspecified atom stereocenters. The summed E-state index contributed by atoms with van der Waals surface area (Å²) in [5.41, 5.74) is -0.0850. The number of benzene rings is 1. The van der Waals surface area contributed by atoms with Crippen LogP contribution >= 0.6 is 0 Å². The summed E-state index contributed by atoms with van der Waals surface area (Å²) in [4.78, 5) is 27.2. The van der Waals surface area contributed by atoms with E-state index in [2.05, 4.69) is 4.90 Å². The molecule has 2 saturated carbocycles. The van der Waals surface area contributed by atoms with Crippen molar-refractivity contribution in [2.24, 2.45) is 17.3 Å². The van der Waals surface area contributed by atoms with Crippen molar-refractivity contribution in [3.05, 3.63) is 58.2 Å². The van der Waals surface area contributed by atoms with Crippen molar-refractivity contribution in [3.63, 3.8) is 0 Å². The maximum Gasteiger partial charge on any atom is 0.456 e. The molecule has 4 aliphatic carbocycles. The molecule has 2 N–H and O–H groups in total. The van der Waals surface area contributed by atoms with Gasteiger partial charge in [0, 0.05) is 50.5 Å². The third-order valence-electron chi connectivity index (χ3n) is 11.4. The molecule has 0 radical (unpaired) electrons. The minimum absolute atomic E-state index is 0.0457. The molecule has 1 heterocycles. The molecule has 6 rings (SSSR count). The Labute approximate surface area is 253 Å². The first kappa shape index (κ1) is 31.2. The molecular formula is C33H39F5N2O4. The summed E-state index contributed by atoms with van der Waals surface area (Å²) < 4.78 is 71.8. The maximum absolute atomic E-state index is 15.2. The van der Waals surface area contributed by atoms with E-state index in [9.17, 15) is 33.0 Å². The van der Waals surface area contributed by atoms with Gasteiger partial charge in [0.1, 0.15) is 5.60 Å². The Kier molecular flexibility index (Phi) is 7.75. The van der Waals surface area contributed by atoms with Crippen LogP contribution in [0.2, 0.25) is 0 Å². The summed E-state index contributed by atoms with van der Waals surface area (Å²) in [5.74, 6) is -6.48. The monoisotopic (exact) mass is 622 g/mol. The maximum atomic E-state index is 15.2. The van der Waals surface area contributed by atoms with E-state index in [0.29, 0.717) is 58.3 Å². The van der Waals surface area contributed by atoms with Crippen LogP contribution in [0.1, 0.15) is 75.3 Å². The number of halogens is 5. The van der Waals surface area contributed by atoms with E-state index in [1.165, 1.54) is 11.8 Å². The number of aliphatic hydroxyl groups is 1. The number of carbonyl (C=O) groups is 2. The van der Waals surface area contributed by atoms with Gasteiger partial charge in [0.2, 0.25) is 0 Å². The molecule has 1 aliphatic heterocycles. The van der Waals surface area contributed by atoms with Crippen LogP contribution in [0.4, 0.5) is 26.7 Å². The molecule has 1 amide bonds. The molecular weight excluding hydrogens is 583 g/mol. The molecule has 5 atom stereocenters. The van der Waals surface area contributed by atoms with Crippen molar-refractivity contribution in [1.29, 1.82) is 0 Å². The number of hydrogen-bond donors (Lipinski definition) is 2. The van der Waals surface area contributed by atoms with Crippen molar-refractivity contribution < 1.29 is 41.8 Å². The lowest BCUT2D eigenvalue weighted by molar-refractivity contribution is -0.362. The van der Waals surface area contributed by atoms with Crippen molar-refractivity contribution >= 4 is 11.9 Å². The highest BCUT2D eigenvalue weighted by atomic mass is 19.4. The highest BCUT2D eigenvalue weighted by Crippen LogP contribution is 2.70. The van der Waals surface area contributed by atoms with Crippen LogP contribution in [0.15, 0.2) is 47.1 Å². The smallest absolute Gasteiger partial charge is 0.456 e. The fourth-order valence-electron chi connectivity index (χ4n) is 9.15. The number of amides is 1. The zero-order chi connectivity index (χ0) is 31.7. The van der Waals surface area contributed by atoms with Gasteiger partial charge in [-0.2, -0.15) is 22.0 Å². The van der Waals surface area contributed by atoms with Gasteiger partial charge in [-0.15, -0.1) is 0 Å². The first-order valence-electron chi connectivity index (χ1n) is 15.6. The number of carboxylic acid groups (broad SMARTS) is 1. The van der Waals surface area contributed by atoms with Gasteiger partial charge < -0.3 is 15.1 Å². The number of carbonyl (C=O) groups excluding carboxylic acids is 1. The standard InChI is InChI=1S/C33H39F5N2O4/c1-30-18-26(21-5-3-20(4-6-21)19-39-13-2-14-40(16-15-39)29(42)43)28-24-10-8-23(41)17-22(24)7-9-25(28)27(30)11-12-31(30,44)32(34,35)33(36,37)38/h3-6,17,25-27,44H,2,7-16,18-19H2,1H3,(H,42,43)/t25-,26+,27-,30-,31-/m0/s1. The highest BCUT2D eigenvalue weighted by Gasteiger charge is 2.79. The molecule has 1 aromatic rings. The van der Waals surface area contributed by atoms with E-state index < -0.39 is 47.5 Å². The summed E-state index contributed by atoms with van der Waals surface area (Å²) in [6, 6.07) is 7.72. The molecule has 6 nitrogen and oxygen atoms in total. The fraction of sp³-hybridized carbons (Fsp3) is 0.636. The van der Waals surface area contributed by atoms with Gasteiger partial charge in [-0.3, -0.25) is 9.69 Å². The summed E-state index contributed by atoms with van der Waals surface area (Å²) in [7, 11) is 0. The van der Waals surface area contributed by atoms with Gasteiger partial charge in [0.25, 0.3) is 0 Å². The number of rotatable bonds is 4. The lowest BCUT2D eigenvalue weighted by Crippen LogP contribution is -2.65. The van der Waals surface area contributed by atoms with E-state index in [1.807, 2.05) is 24.3 Å². The largest absolute Gasteiger partial charge is 0.465 e. The normalized spacial score (nSPS) is 33.3. The quantitative estimate of drug-likeness (QED) is 0.366. The Morgan fingerprint density at radius 2 is 1.73 bits per heavy atom. The van der Waals surface area contributed by atoms with Gasteiger partial charge >= 0.3 is 18.2 Å². The molecule has 0 bridgehead atoms. The van der Waals surface area contributed by atoms with Gasteiger partial charge in [-0.25, -0.2) is 4.79 Å². The fourth-order valence-corrected chi connectivity index (χ4v) is 9.15. The summed E-state index contributed by atoms with van der Waals surface area (Å²) >= 11 is 0. The van der Waals surface area contributed by atoms with Crippen LogP contribution in [-0.2, 0) is 11.3 Å². The van der Waals surface area contributed by atoms with Crippen LogP contribution in [0.5, 0.6) is 0 Å². The number of fused-ring (bicyclic) bond motifs is 4. The number of hydrogen-bond acceptors (Lipinski definition) is 4. The third kappa shape index (κ3) is 4.89. The summed E-state index contributed by atoms with van der Waals surface area (Å²) in [6.45, 7) is 4.26. The lowest BCUT2D eigenvalue weighted by Gasteiger charge is -2.56. The minimum Gasteiger partial charge on any atom is -0.465 e. The predicted octanol–water partition coefficient (Wildman–Crippen LogP) is 6.70. The Hall–Kier alpha value is -2.79. The lowest BCUT2D eigenvalue weighted by atomic mass is 9.50. The SMILES string of the molecule is C[C@]12C[C@H](c3ccc(CN4CCCN(C(=O)O)CC4)cc3)C3=C4CCC(=O)C=C4CC[C@H]3[C@@H]1CC[C@@]2(O)C(F)(F)C(F)(F)F. The van der Waals surface area contributed by atoms with Crippen LogP contribution in [-0.4, -0.2) is 75.8 Å². The minimum atomic E-state index is -5.88. The number of allylic oxidation sites excluding steroid dienone is 4. The Morgan fingerprint density at radius 3 is 2.41 bits per heavy atom. The Bertz CT molecular complexity index is 1390. The van der Waals surface area contributed by atoms with E-state index in [-0.39, 0.29) is 24.5 Å². The van der Waals surface area contributed by atoms with Crippen LogP contribution in [0, 0.1) is 17.3 Å². The van der Waals surface area contributed by atoms with Gasteiger partial charge in [0.15, 0.2) is 5.78 Å². The Balaban J connectivity index is 1.35. The molecule has 3 fully saturated rings. The van der Waals surface area contributed by atoms with Crippen molar-refractivity contribution in [2.45, 2.75) is 88.5 Å². The summed E-state index contributed by atoms with van der Waals surface area (Å²) in [6.07, 6.45) is -3.03. The second-order valence-corrected chi connectivity index (χ2v) is 13.6. The van der Waals surface area contributed by atoms with Crippen LogP contribution in [0.3, 0.4) is 0 Å². The zero-order valence-corrected chi connectivity index (χ0v) is 24.8. The first-order valence-corrected chi connectivity index (χ1v) is 15.6. The number of alkyl halides is 5. The molecule has 240 valence electrons. The zero-order valence-electron chi connectivity index (χ0n) is 24.8. The molecule has 1 aromatic carbocycles. The van der Waals surface area contributed by atoms with Gasteiger partial charge in [0.05, 0.1) is 0 Å². The first-order chi connectivity index (χ1) is 20.7. The van der Waals surface area contributed by atoms with E-state index in [0.717, 1.165) is 34.4 Å². The molecule has 1 saturated heterocycles.